The Morgan fingerprint density at radius 3 is 2.95 bits per heavy atom. The van der Waals surface area contributed by atoms with Crippen molar-refractivity contribution in [2.24, 2.45) is 11.5 Å². The van der Waals surface area contributed by atoms with Gasteiger partial charge in [-0.3, -0.25) is 4.79 Å². The van der Waals surface area contributed by atoms with Crippen LogP contribution in [0.15, 0.2) is 30.5 Å². The molecule has 1 aromatic heterocycles. The van der Waals surface area contributed by atoms with Gasteiger partial charge < -0.3 is 21.2 Å². The lowest BCUT2D eigenvalue weighted by atomic mass is 10.1. The van der Waals surface area contributed by atoms with Crippen molar-refractivity contribution in [1.82, 2.24) is 4.98 Å². The first kappa shape index (κ1) is 13.6. The second-order valence-corrected chi connectivity index (χ2v) is 4.46. The smallest absolute Gasteiger partial charge is 0.322 e. The molecule has 2 aromatic rings. The molecule has 0 bridgehead atoms. The molecule has 19 heavy (non-hydrogen) atoms. The third kappa shape index (κ3) is 3.33. The quantitative estimate of drug-likeness (QED) is 0.674. The first-order valence-corrected chi connectivity index (χ1v) is 6.39. The highest BCUT2D eigenvalue weighted by Gasteiger charge is 2.15. The number of esters is 1. The Hall–Kier alpha value is -1.85. The van der Waals surface area contributed by atoms with Gasteiger partial charge >= 0.3 is 5.97 Å². The lowest BCUT2D eigenvalue weighted by molar-refractivity contribution is -0.145. The fraction of sp³-hybridized carbons (Fsp3) is 0.357. The first-order chi connectivity index (χ1) is 9.22. The fourth-order valence-electron chi connectivity index (χ4n) is 2.03. The summed E-state index contributed by atoms with van der Waals surface area (Å²) in [6, 6.07) is 7.46. The molecule has 1 aromatic carbocycles. The van der Waals surface area contributed by atoms with Crippen LogP contribution in [-0.4, -0.2) is 30.1 Å². The number of nitrogens with one attached hydrogen (secondary N) is 1. The summed E-state index contributed by atoms with van der Waals surface area (Å²) in [6.07, 6.45) is 3.26. The van der Waals surface area contributed by atoms with E-state index in [0.717, 1.165) is 17.5 Å². The van der Waals surface area contributed by atoms with Gasteiger partial charge in [-0.1, -0.05) is 18.2 Å². The van der Waals surface area contributed by atoms with Gasteiger partial charge in [0, 0.05) is 23.6 Å². The minimum Gasteiger partial charge on any atom is -0.463 e. The van der Waals surface area contributed by atoms with Gasteiger partial charge in [0.15, 0.2) is 0 Å². The summed E-state index contributed by atoms with van der Waals surface area (Å²) < 4.78 is 4.91. The Labute approximate surface area is 111 Å². The van der Waals surface area contributed by atoms with Crippen molar-refractivity contribution in [2.45, 2.75) is 18.9 Å². The van der Waals surface area contributed by atoms with Crippen LogP contribution in [-0.2, 0) is 16.0 Å². The fourth-order valence-corrected chi connectivity index (χ4v) is 2.03. The minimum atomic E-state index is -0.597. The zero-order valence-corrected chi connectivity index (χ0v) is 10.8. The van der Waals surface area contributed by atoms with Gasteiger partial charge in [0.1, 0.15) is 12.6 Å². The Bertz CT molecular complexity index is 550. The standard InChI is InChI=1S/C14H19N3O2/c15-7-8-19-14(18)12(16)6-5-10-9-17-13-4-2-1-3-11(10)13/h1-4,9,12,17H,5-8,15-16H2/t12-/m0/s1. The predicted molar refractivity (Wildman–Crippen MR) is 74.6 cm³/mol. The average molecular weight is 261 g/mol. The van der Waals surface area contributed by atoms with Gasteiger partial charge in [-0.05, 0) is 24.5 Å². The van der Waals surface area contributed by atoms with Crippen LogP contribution in [0.1, 0.15) is 12.0 Å². The molecule has 0 spiro atoms. The van der Waals surface area contributed by atoms with E-state index in [0.29, 0.717) is 13.0 Å². The number of nitrogens with two attached hydrogens (primary N) is 2. The van der Waals surface area contributed by atoms with Crippen molar-refractivity contribution in [3.8, 4) is 0 Å². The van der Waals surface area contributed by atoms with Gasteiger partial charge in [-0.15, -0.1) is 0 Å². The SMILES string of the molecule is NCCOC(=O)[C@@H](N)CCc1c[nH]c2ccccc12. The molecule has 0 amide bonds. The number of rotatable bonds is 6. The summed E-state index contributed by atoms with van der Waals surface area (Å²) >= 11 is 0. The molecule has 0 radical (unpaired) electrons. The van der Waals surface area contributed by atoms with E-state index in [4.69, 9.17) is 16.2 Å². The largest absolute Gasteiger partial charge is 0.463 e. The van der Waals surface area contributed by atoms with Crippen molar-refractivity contribution in [2.75, 3.05) is 13.2 Å². The van der Waals surface area contributed by atoms with Gasteiger partial charge in [-0.25, -0.2) is 0 Å². The maximum Gasteiger partial charge on any atom is 0.322 e. The second-order valence-electron chi connectivity index (χ2n) is 4.46. The molecular formula is C14H19N3O2. The van der Waals surface area contributed by atoms with Crippen LogP contribution in [0, 0.1) is 0 Å². The lowest BCUT2D eigenvalue weighted by Gasteiger charge is -2.10. The molecule has 0 aliphatic carbocycles. The molecule has 1 heterocycles. The number of benzene rings is 1. The number of aromatic amines is 1. The summed E-state index contributed by atoms with van der Waals surface area (Å²) in [5.41, 5.74) is 13.3. The number of carbonyl (C=O) groups excluding carboxylic acids is 1. The van der Waals surface area contributed by atoms with Crippen LogP contribution in [0.5, 0.6) is 0 Å². The third-order valence-corrected chi connectivity index (χ3v) is 3.06. The van der Waals surface area contributed by atoms with Crippen LogP contribution >= 0.6 is 0 Å². The van der Waals surface area contributed by atoms with E-state index in [1.807, 2.05) is 24.4 Å². The molecule has 0 saturated heterocycles. The first-order valence-electron chi connectivity index (χ1n) is 6.39. The number of para-hydroxylation sites is 1. The highest BCUT2D eigenvalue weighted by atomic mass is 16.5. The van der Waals surface area contributed by atoms with E-state index >= 15 is 0 Å². The van der Waals surface area contributed by atoms with Crippen molar-refractivity contribution >= 4 is 16.9 Å². The molecule has 0 aliphatic rings. The molecule has 2 rings (SSSR count). The molecule has 5 N–H and O–H groups in total. The van der Waals surface area contributed by atoms with Crippen LogP contribution < -0.4 is 11.5 Å². The maximum absolute atomic E-state index is 11.5. The number of H-pyrrole nitrogens is 1. The van der Waals surface area contributed by atoms with Crippen LogP contribution in [0.25, 0.3) is 10.9 Å². The summed E-state index contributed by atoms with van der Waals surface area (Å²) in [4.78, 5) is 14.7. The van der Waals surface area contributed by atoms with Gasteiger partial charge in [-0.2, -0.15) is 0 Å². The third-order valence-electron chi connectivity index (χ3n) is 3.06. The average Bonchev–Trinajstić information content (AvgIpc) is 2.85. The van der Waals surface area contributed by atoms with E-state index < -0.39 is 6.04 Å². The number of aromatic nitrogens is 1. The minimum absolute atomic E-state index is 0.222. The highest BCUT2D eigenvalue weighted by Crippen LogP contribution is 2.19. The van der Waals surface area contributed by atoms with E-state index in [9.17, 15) is 4.79 Å². The molecular weight excluding hydrogens is 242 g/mol. The Morgan fingerprint density at radius 2 is 2.16 bits per heavy atom. The van der Waals surface area contributed by atoms with Crippen molar-refractivity contribution in [3.63, 3.8) is 0 Å². The number of aryl methyl sites for hydroxylation is 1. The zero-order chi connectivity index (χ0) is 13.7. The zero-order valence-electron chi connectivity index (χ0n) is 10.8. The summed E-state index contributed by atoms with van der Waals surface area (Å²) in [6.45, 7) is 0.542. The lowest BCUT2D eigenvalue weighted by Crippen LogP contribution is -2.33. The number of fused-ring (bicyclic) bond motifs is 1. The number of hydrogen-bond acceptors (Lipinski definition) is 4. The van der Waals surface area contributed by atoms with E-state index in [1.165, 1.54) is 5.39 Å². The summed E-state index contributed by atoms with van der Waals surface area (Å²) in [5.74, 6) is -0.384. The second kappa shape index (κ2) is 6.36. The van der Waals surface area contributed by atoms with Crippen molar-refractivity contribution < 1.29 is 9.53 Å². The van der Waals surface area contributed by atoms with Crippen LogP contribution in [0.3, 0.4) is 0 Å². The molecule has 5 heteroatoms. The Morgan fingerprint density at radius 1 is 1.37 bits per heavy atom. The van der Waals surface area contributed by atoms with Gasteiger partial charge in [0.25, 0.3) is 0 Å². The maximum atomic E-state index is 11.5. The topological polar surface area (TPSA) is 94.1 Å². The molecule has 0 unspecified atom stereocenters. The van der Waals surface area contributed by atoms with Crippen molar-refractivity contribution in [1.29, 1.82) is 0 Å². The monoisotopic (exact) mass is 261 g/mol. The molecule has 0 saturated carbocycles. The van der Waals surface area contributed by atoms with Crippen LogP contribution in [0.4, 0.5) is 0 Å². The summed E-state index contributed by atoms with van der Waals surface area (Å²) in [5, 5.41) is 1.17. The van der Waals surface area contributed by atoms with Gasteiger partial charge in [0.05, 0.1) is 0 Å². The summed E-state index contributed by atoms with van der Waals surface area (Å²) in [7, 11) is 0. The Balaban J connectivity index is 1.93. The number of hydrogen-bond donors (Lipinski definition) is 3. The predicted octanol–water partition coefficient (Wildman–Crippen LogP) is 0.930. The Kier molecular flexibility index (Phi) is 4.54. The molecule has 5 nitrogen and oxygen atoms in total. The molecule has 0 aliphatic heterocycles. The normalized spacial score (nSPS) is 12.5. The molecule has 0 fully saturated rings. The number of carbonyl (C=O) groups is 1. The van der Waals surface area contributed by atoms with Gasteiger partial charge in [0.2, 0.25) is 0 Å². The molecule has 1 atom stereocenters. The van der Waals surface area contributed by atoms with E-state index in [2.05, 4.69) is 11.1 Å². The number of ether oxygens (including phenoxy) is 1. The highest BCUT2D eigenvalue weighted by molar-refractivity contribution is 5.83. The van der Waals surface area contributed by atoms with E-state index in [1.54, 1.807) is 0 Å². The van der Waals surface area contributed by atoms with Crippen LogP contribution in [0.2, 0.25) is 0 Å². The van der Waals surface area contributed by atoms with E-state index in [-0.39, 0.29) is 12.6 Å². The molecule has 102 valence electrons. The van der Waals surface area contributed by atoms with Crippen molar-refractivity contribution in [3.05, 3.63) is 36.0 Å².